The monoisotopic (exact) mass is 571 g/mol. The van der Waals surface area contributed by atoms with Gasteiger partial charge in [0.05, 0.1) is 23.5 Å². The third-order valence-electron chi connectivity index (χ3n) is 6.20. The molecule has 0 radical (unpaired) electrons. The normalized spacial score (nSPS) is 17.6. The van der Waals surface area contributed by atoms with Crippen molar-refractivity contribution in [3.63, 3.8) is 0 Å². The number of rotatable bonds is 7. The molecule has 10 nitrogen and oxygen atoms in total. The molecule has 5 rings (SSSR count). The molecule has 40 heavy (non-hydrogen) atoms. The van der Waals surface area contributed by atoms with Crippen LogP contribution in [0, 0.1) is 10.8 Å². The minimum atomic E-state index is -4.74. The number of ether oxygens (including phenoxy) is 2. The Kier molecular flexibility index (Phi) is 7.29. The van der Waals surface area contributed by atoms with Gasteiger partial charge in [0.15, 0.2) is 5.69 Å². The topological polar surface area (TPSA) is 145 Å². The van der Waals surface area contributed by atoms with E-state index < -0.39 is 46.4 Å². The summed E-state index contributed by atoms with van der Waals surface area (Å²) < 4.78 is 50.8. The number of amidine groups is 1. The van der Waals surface area contributed by atoms with Gasteiger partial charge in [-0.25, -0.2) is 9.98 Å². The predicted octanol–water partition coefficient (Wildman–Crippen LogP) is 4.43. The number of aliphatic imine (C=N–C) groups is 1. The van der Waals surface area contributed by atoms with Crippen molar-refractivity contribution in [2.24, 2.45) is 4.99 Å². The van der Waals surface area contributed by atoms with E-state index in [0.29, 0.717) is 41.1 Å². The second-order valence-corrected chi connectivity index (χ2v) is 10.2. The number of halogens is 3. The summed E-state index contributed by atoms with van der Waals surface area (Å²) in [7, 11) is 1.49. The van der Waals surface area contributed by atoms with Crippen LogP contribution >= 0.6 is 11.3 Å². The number of methoxy groups -OCH3 is 1. The quantitative estimate of drug-likeness (QED) is 0.210. The van der Waals surface area contributed by atoms with E-state index in [9.17, 15) is 18.0 Å². The van der Waals surface area contributed by atoms with E-state index in [4.69, 9.17) is 20.3 Å². The molecule has 5 N–H and O–H groups in total. The molecule has 1 aromatic heterocycles. The van der Waals surface area contributed by atoms with E-state index in [2.05, 4.69) is 25.9 Å². The molecule has 1 saturated carbocycles. The van der Waals surface area contributed by atoms with Crippen molar-refractivity contribution < 1.29 is 27.4 Å². The minimum absolute atomic E-state index is 0.0216. The van der Waals surface area contributed by atoms with Crippen LogP contribution in [0.25, 0.3) is 0 Å². The van der Waals surface area contributed by atoms with Crippen LogP contribution in [0.15, 0.2) is 59.6 Å². The van der Waals surface area contributed by atoms with Crippen LogP contribution in [0.3, 0.4) is 0 Å². The van der Waals surface area contributed by atoms with Crippen molar-refractivity contribution in [3.05, 3.63) is 76.4 Å². The zero-order valence-corrected chi connectivity index (χ0v) is 21.9. The lowest BCUT2D eigenvalue weighted by atomic mass is 10.0. The van der Waals surface area contributed by atoms with E-state index >= 15 is 0 Å². The molecule has 2 heterocycles. The van der Waals surface area contributed by atoms with Crippen molar-refractivity contribution in [3.8, 4) is 0 Å². The largest absolute Gasteiger partial charge is 0.443 e. The van der Waals surface area contributed by atoms with Gasteiger partial charge in [-0.1, -0.05) is 59.9 Å². The number of carbonyl (C=O) groups excluding carboxylic acids is 1. The molecule has 0 unspecified atom stereocenters. The Bertz CT molecular complexity index is 1490. The Morgan fingerprint density at radius 2 is 1.85 bits per heavy atom. The molecule has 2 aromatic carbocycles. The van der Waals surface area contributed by atoms with E-state index in [1.165, 1.54) is 7.11 Å². The molecule has 1 amide bonds. The lowest BCUT2D eigenvalue weighted by Crippen LogP contribution is -2.43. The van der Waals surface area contributed by atoms with Gasteiger partial charge in [0, 0.05) is 18.2 Å². The van der Waals surface area contributed by atoms with Gasteiger partial charge in [-0.15, -0.1) is 0 Å². The zero-order chi connectivity index (χ0) is 28.5. The van der Waals surface area contributed by atoms with Crippen molar-refractivity contribution in [1.82, 2.24) is 10.3 Å². The van der Waals surface area contributed by atoms with E-state index in [1.807, 2.05) is 30.3 Å². The molecule has 14 heteroatoms. The number of fused-ring (bicyclic) bond motifs is 1. The van der Waals surface area contributed by atoms with Crippen LogP contribution in [0.1, 0.15) is 34.7 Å². The number of benzodiazepines with no additional fused rings is 1. The Hall–Kier alpha value is -4.30. The van der Waals surface area contributed by atoms with E-state index in [0.717, 1.165) is 5.56 Å². The zero-order valence-electron chi connectivity index (χ0n) is 21.1. The first kappa shape index (κ1) is 27.3. The van der Waals surface area contributed by atoms with Gasteiger partial charge in [0.2, 0.25) is 17.1 Å². The molecule has 2 aliphatic rings. The number of amides is 1. The predicted molar refractivity (Wildman–Crippen MR) is 144 cm³/mol. The molecule has 1 aliphatic carbocycles. The maximum atomic E-state index is 13.5. The summed E-state index contributed by atoms with van der Waals surface area (Å²) >= 11 is 0.344. The van der Waals surface area contributed by atoms with Crippen LogP contribution in [0.2, 0.25) is 0 Å². The number of para-hydroxylation sites is 1. The Morgan fingerprint density at radius 1 is 1.15 bits per heavy atom. The van der Waals surface area contributed by atoms with Gasteiger partial charge in [-0.3, -0.25) is 15.6 Å². The van der Waals surface area contributed by atoms with Gasteiger partial charge >= 0.3 is 6.18 Å². The maximum absolute atomic E-state index is 13.5. The average Bonchev–Trinajstić information content (AvgIpc) is 3.55. The Balaban J connectivity index is 1.38. The molecule has 0 spiro atoms. The van der Waals surface area contributed by atoms with Gasteiger partial charge in [-0.2, -0.15) is 13.2 Å². The SMILES string of the molecule is COCC1(Nc2sc(C(F)(F)F)nc2C(=N)OC(=N)N[C@H]2N=C(c3ccccc3)c3ccccc3NC2=O)CC1. The number of anilines is 2. The van der Waals surface area contributed by atoms with Gasteiger partial charge in [0.1, 0.15) is 5.00 Å². The van der Waals surface area contributed by atoms with Crippen molar-refractivity contribution >= 4 is 45.6 Å². The van der Waals surface area contributed by atoms with Gasteiger partial charge in [0.25, 0.3) is 11.9 Å². The first-order chi connectivity index (χ1) is 19.1. The van der Waals surface area contributed by atoms with Crippen molar-refractivity contribution in [2.45, 2.75) is 30.7 Å². The van der Waals surface area contributed by atoms with Crippen LogP contribution in [0.5, 0.6) is 0 Å². The van der Waals surface area contributed by atoms with Crippen molar-refractivity contribution in [1.29, 1.82) is 10.8 Å². The number of aromatic nitrogens is 1. The summed E-state index contributed by atoms with van der Waals surface area (Å²) in [6.07, 6.45) is -4.73. The molecule has 0 saturated heterocycles. The standard InChI is InChI=1S/C26H24F3N7O3S/c1-38-13-25(11-12-25)36-22-18(34-23(40-22)26(27,28)29)19(30)39-24(31)35-20-21(37)32-16-10-6-5-9-15(16)17(33-20)14-7-3-2-4-8-14/h2-10,20,30,36H,11-13H2,1H3,(H2,31,35)(H,32,37)/t20-/m1/s1. The molecule has 1 atom stereocenters. The highest BCUT2D eigenvalue weighted by Gasteiger charge is 2.45. The van der Waals surface area contributed by atoms with Gasteiger partial charge < -0.3 is 25.4 Å². The van der Waals surface area contributed by atoms with E-state index in [1.54, 1.807) is 24.3 Å². The number of thiazole rings is 1. The number of nitrogens with zero attached hydrogens (tertiary/aromatic N) is 2. The first-order valence-electron chi connectivity index (χ1n) is 12.1. The fourth-order valence-corrected chi connectivity index (χ4v) is 5.09. The second-order valence-electron chi connectivity index (χ2n) is 9.22. The molecular formula is C26H24F3N7O3S. The summed E-state index contributed by atoms with van der Waals surface area (Å²) in [5.74, 6) is -1.39. The lowest BCUT2D eigenvalue weighted by Gasteiger charge is -2.18. The third-order valence-corrected chi connectivity index (χ3v) is 7.22. The number of nitrogens with one attached hydrogen (secondary N) is 5. The highest BCUT2D eigenvalue weighted by atomic mass is 32.1. The number of hydrogen-bond donors (Lipinski definition) is 5. The number of carbonyl (C=O) groups is 1. The fraction of sp³-hybridized carbons (Fsp3) is 0.269. The summed E-state index contributed by atoms with van der Waals surface area (Å²) in [6.45, 7) is 0.262. The number of hydrogen-bond acceptors (Lipinski definition) is 9. The summed E-state index contributed by atoms with van der Waals surface area (Å²) in [6, 6.07) is 15.4. The molecule has 0 bridgehead atoms. The smallest absolute Gasteiger partial charge is 0.405 e. The molecule has 1 fully saturated rings. The van der Waals surface area contributed by atoms with Crippen LogP contribution in [-0.4, -0.2) is 53.9 Å². The van der Waals surface area contributed by atoms with Crippen molar-refractivity contribution in [2.75, 3.05) is 24.4 Å². The van der Waals surface area contributed by atoms with Crippen LogP contribution in [0.4, 0.5) is 23.9 Å². The molecule has 1 aliphatic heterocycles. The molecule has 208 valence electrons. The maximum Gasteiger partial charge on any atom is 0.443 e. The van der Waals surface area contributed by atoms with Gasteiger partial charge in [-0.05, 0) is 18.9 Å². The lowest BCUT2D eigenvalue weighted by molar-refractivity contribution is -0.137. The first-order valence-corrected chi connectivity index (χ1v) is 12.9. The Labute approximate surface area is 230 Å². The molecule has 3 aromatic rings. The third kappa shape index (κ3) is 5.82. The molecular weight excluding hydrogens is 547 g/mol. The summed E-state index contributed by atoms with van der Waals surface area (Å²) in [5, 5.41) is 23.6. The highest BCUT2D eigenvalue weighted by molar-refractivity contribution is 7.16. The van der Waals surface area contributed by atoms with E-state index in [-0.39, 0.29) is 11.6 Å². The summed E-state index contributed by atoms with van der Waals surface area (Å²) in [4.78, 5) is 21.1. The summed E-state index contributed by atoms with van der Waals surface area (Å²) in [5.41, 5.74) is 1.42. The number of alkyl halides is 3. The minimum Gasteiger partial charge on any atom is -0.405 e. The van der Waals surface area contributed by atoms with Crippen LogP contribution < -0.4 is 16.0 Å². The average molecular weight is 572 g/mol. The fourth-order valence-electron chi connectivity index (χ4n) is 4.14. The van der Waals surface area contributed by atoms with Crippen LogP contribution in [-0.2, 0) is 20.4 Å². The highest BCUT2D eigenvalue weighted by Crippen LogP contribution is 2.44. The Morgan fingerprint density at radius 3 is 2.52 bits per heavy atom. The second kappa shape index (κ2) is 10.7. The number of benzene rings is 2.